The summed E-state index contributed by atoms with van der Waals surface area (Å²) in [5.74, 6) is 1.19. The Balaban J connectivity index is 2.12. The van der Waals surface area contributed by atoms with E-state index in [1.54, 1.807) is 12.1 Å². The van der Waals surface area contributed by atoms with E-state index in [1.165, 1.54) is 12.8 Å². The van der Waals surface area contributed by atoms with E-state index in [4.69, 9.17) is 27.9 Å². The first-order valence-corrected chi connectivity index (χ1v) is 6.00. The highest BCUT2D eigenvalue weighted by atomic mass is 35.5. The van der Waals surface area contributed by atoms with Crippen LogP contribution in [0.4, 0.5) is 0 Å². The van der Waals surface area contributed by atoms with Crippen LogP contribution in [0.1, 0.15) is 18.4 Å². The maximum atomic E-state index is 10.4. The molecule has 1 aliphatic carbocycles. The van der Waals surface area contributed by atoms with Gasteiger partial charge in [0.25, 0.3) is 0 Å². The van der Waals surface area contributed by atoms with Gasteiger partial charge in [-0.3, -0.25) is 0 Å². The van der Waals surface area contributed by atoms with E-state index in [-0.39, 0.29) is 0 Å². The maximum Gasteiger partial charge on any atom is 0.156 e. The van der Waals surface area contributed by atoms with Gasteiger partial charge in [0, 0.05) is 6.42 Å². The number of aldehydes is 1. The van der Waals surface area contributed by atoms with Gasteiger partial charge in [-0.25, -0.2) is 0 Å². The van der Waals surface area contributed by atoms with Gasteiger partial charge in [0.15, 0.2) is 5.75 Å². The third-order valence-corrected chi connectivity index (χ3v) is 3.10. The molecule has 2 nitrogen and oxygen atoms in total. The van der Waals surface area contributed by atoms with Crippen molar-refractivity contribution < 1.29 is 9.53 Å². The van der Waals surface area contributed by atoms with Gasteiger partial charge in [0.05, 0.1) is 16.7 Å². The first kappa shape index (κ1) is 11.7. The summed E-state index contributed by atoms with van der Waals surface area (Å²) < 4.78 is 5.57. The molecule has 1 fully saturated rings. The first-order valence-electron chi connectivity index (χ1n) is 5.25. The summed E-state index contributed by atoms with van der Waals surface area (Å²) in [6, 6.07) is 3.45. The Kier molecular flexibility index (Phi) is 3.72. The highest BCUT2D eigenvalue weighted by Crippen LogP contribution is 2.36. The second-order valence-corrected chi connectivity index (χ2v) is 4.83. The summed E-state index contributed by atoms with van der Waals surface area (Å²) in [6.45, 7) is 0.673. The molecule has 1 saturated carbocycles. The van der Waals surface area contributed by atoms with Crippen molar-refractivity contribution in [3.63, 3.8) is 0 Å². The average Bonchev–Trinajstić information content (AvgIpc) is 3.00. The Labute approximate surface area is 104 Å². The van der Waals surface area contributed by atoms with Crippen LogP contribution < -0.4 is 4.74 Å². The van der Waals surface area contributed by atoms with Crippen LogP contribution in [0.25, 0.3) is 0 Å². The lowest BCUT2D eigenvalue weighted by atomic mass is 10.1. The molecule has 1 aromatic carbocycles. The number of carbonyl (C=O) groups is 1. The van der Waals surface area contributed by atoms with Crippen LogP contribution in [-0.4, -0.2) is 12.9 Å². The number of rotatable bonds is 5. The molecule has 0 saturated heterocycles. The van der Waals surface area contributed by atoms with Gasteiger partial charge in [-0.2, -0.15) is 0 Å². The summed E-state index contributed by atoms with van der Waals surface area (Å²) in [5.41, 5.74) is 0.809. The molecule has 0 N–H and O–H groups in total. The first-order chi connectivity index (χ1) is 7.70. The number of halogens is 2. The van der Waals surface area contributed by atoms with Crippen LogP contribution in [-0.2, 0) is 11.2 Å². The summed E-state index contributed by atoms with van der Waals surface area (Å²) in [5, 5.41) is 0.954. The zero-order valence-electron chi connectivity index (χ0n) is 8.71. The number of benzene rings is 1. The third-order valence-electron chi connectivity index (χ3n) is 2.54. The fourth-order valence-electron chi connectivity index (χ4n) is 1.45. The summed E-state index contributed by atoms with van der Waals surface area (Å²) in [7, 11) is 0. The van der Waals surface area contributed by atoms with Crippen molar-refractivity contribution in [3.05, 3.63) is 27.7 Å². The fourth-order valence-corrected chi connectivity index (χ4v) is 2.09. The number of carbonyl (C=O) groups excluding carboxylic acids is 1. The minimum atomic E-state index is 0.322. The van der Waals surface area contributed by atoms with E-state index in [1.807, 2.05) is 0 Å². The van der Waals surface area contributed by atoms with Crippen molar-refractivity contribution in [3.8, 4) is 5.75 Å². The third kappa shape index (κ3) is 2.89. The Morgan fingerprint density at radius 1 is 1.31 bits per heavy atom. The fraction of sp³-hybridized carbons (Fsp3) is 0.417. The summed E-state index contributed by atoms with van der Waals surface area (Å²) in [4.78, 5) is 10.4. The van der Waals surface area contributed by atoms with Crippen molar-refractivity contribution >= 4 is 29.5 Å². The van der Waals surface area contributed by atoms with Gasteiger partial charge in [-0.05, 0) is 36.5 Å². The highest BCUT2D eigenvalue weighted by molar-refractivity contribution is 6.37. The lowest BCUT2D eigenvalue weighted by Gasteiger charge is -2.10. The molecule has 16 heavy (non-hydrogen) atoms. The molecule has 0 heterocycles. The molecule has 0 radical (unpaired) electrons. The molecule has 0 amide bonds. The van der Waals surface area contributed by atoms with Crippen molar-refractivity contribution in [1.82, 2.24) is 0 Å². The second kappa shape index (κ2) is 5.07. The van der Waals surface area contributed by atoms with Crippen LogP contribution in [0.5, 0.6) is 5.75 Å². The molecule has 2 rings (SSSR count). The number of hydrogen-bond donors (Lipinski definition) is 0. The van der Waals surface area contributed by atoms with Crippen molar-refractivity contribution in [2.24, 2.45) is 5.92 Å². The monoisotopic (exact) mass is 258 g/mol. The number of ether oxygens (including phenoxy) is 1. The smallest absolute Gasteiger partial charge is 0.156 e. The molecule has 0 atom stereocenters. The number of hydrogen-bond acceptors (Lipinski definition) is 2. The molecule has 1 aliphatic rings. The van der Waals surface area contributed by atoms with Crippen molar-refractivity contribution in [2.45, 2.75) is 19.3 Å². The quantitative estimate of drug-likeness (QED) is 0.756. The zero-order chi connectivity index (χ0) is 11.5. The topological polar surface area (TPSA) is 26.3 Å². The Morgan fingerprint density at radius 2 is 1.94 bits per heavy atom. The van der Waals surface area contributed by atoms with Crippen molar-refractivity contribution in [2.75, 3.05) is 6.61 Å². The van der Waals surface area contributed by atoms with Crippen molar-refractivity contribution in [1.29, 1.82) is 0 Å². The lowest BCUT2D eigenvalue weighted by Crippen LogP contribution is -2.00. The molecule has 4 heteroatoms. The van der Waals surface area contributed by atoms with Crippen LogP contribution >= 0.6 is 23.2 Å². The van der Waals surface area contributed by atoms with E-state index in [9.17, 15) is 4.79 Å². The van der Waals surface area contributed by atoms with Crippen LogP contribution in [0, 0.1) is 5.92 Å². The van der Waals surface area contributed by atoms with Crippen LogP contribution in [0.3, 0.4) is 0 Å². The minimum absolute atomic E-state index is 0.322. The molecular formula is C12H12Cl2O2. The zero-order valence-corrected chi connectivity index (χ0v) is 10.2. The molecule has 0 spiro atoms. The summed E-state index contributed by atoms with van der Waals surface area (Å²) in [6.07, 6.45) is 3.59. The predicted octanol–water partition coefficient (Wildman–Crippen LogP) is 3.52. The maximum absolute atomic E-state index is 10.4. The predicted molar refractivity (Wildman–Crippen MR) is 64.4 cm³/mol. The van der Waals surface area contributed by atoms with Gasteiger partial charge in [-0.15, -0.1) is 0 Å². The van der Waals surface area contributed by atoms with Gasteiger partial charge in [0.1, 0.15) is 6.29 Å². The van der Waals surface area contributed by atoms with Gasteiger partial charge in [0.2, 0.25) is 0 Å². The van der Waals surface area contributed by atoms with E-state index in [2.05, 4.69) is 0 Å². The Hall–Kier alpha value is -0.730. The largest absolute Gasteiger partial charge is 0.490 e. The standard InChI is InChI=1S/C12H12Cl2O2/c13-10-5-9(3-4-15)6-11(14)12(10)16-7-8-1-2-8/h4-6,8H,1-3,7H2. The minimum Gasteiger partial charge on any atom is -0.490 e. The molecule has 0 aliphatic heterocycles. The molecule has 0 bridgehead atoms. The van der Waals surface area contributed by atoms with E-state index < -0.39 is 0 Å². The molecule has 86 valence electrons. The SMILES string of the molecule is O=CCc1cc(Cl)c(OCC2CC2)c(Cl)c1. The van der Waals surface area contributed by atoms with Gasteiger partial charge < -0.3 is 9.53 Å². The van der Waals surface area contributed by atoms with E-state index in [0.29, 0.717) is 34.7 Å². The highest BCUT2D eigenvalue weighted by Gasteiger charge is 2.23. The molecule has 0 aromatic heterocycles. The lowest BCUT2D eigenvalue weighted by molar-refractivity contribution is -0.107. The molecule has 1 aromatic rings. The Bertz CT molecular complexity index is 377. The normalized spacial score (nSPS) is 14.9. The van der Waals surface area contributed by atoms with Crippen LogP contribution in [0.2, 0.25) is 10.0 Å². The van der Waals surface area contributed by atoms with E-state index >= 15 is 0 Å². The van der Waals surface area contributed by atoms with Crippen LogP contribution in [0.15, 0.2) is 12.1 Å². The molecular weight excluding hydrogens is 247 g/mol. The Morgan fingerprint density at radius 3 is 2.44 bits per heavy atom. The van der Waals surface area contributed by atoms with Gasteiger partial charge >= 0.3 is 0 Å². The second-order valence-electron chi connectivity index (χ2n) is 4.01. The molecule has 0 unspecified atom stereocenters. The van der Waals surface area contributed by atoms with Gasteiger partial charge in [-0.1, -0.05) is 23.2 Å². The average molecular weight is 259 g/mol. The van der Waals surface area contributed by atoms with E-state index in [0.717, 1.165) is 11.8 Å². The summed E-state index contributed by atoms with van der Waals surface area (Å²) >= 11 is 12.1.